The zero-order valence-electron chi connectivity index (χ0n) is 16.2. The van der Waals surface area contributed by atoms with E-state index in [4.69, 9.17) is 4.42 Å². The summed E-state index contributed by atoms with van der Waals surface area (Å²) in [7, 11) is 0. The number of carbonyl (C=O) groups is 1. The number of nitrogens with zero attached hydrogens (tertiary/aromatic N) is 2. The number of nitro benzene ring substituents is 1. The second-order valence-electron chi connectivity index (χ2n) is 6.52. The van der Waals surface area contributed by atoms with Gasteiger partial charge in [0.1, 0.15) is 23.2 Å². The highest BCUT2D eigenvalue weighted by molar-refractivity contribution is 6.01. The molecule has 0 radical (unpaired) electrons. The van der Waals surface area contributed by atoms with E-state index in [0.29, 0.717) is 23.5 Å². The highest BCUT2D eigenvalue weighted by Crippen LogP contribution is 2.26. The first kappa shape index (κ1) is 20.6. The molecule has 1 amide bonds. The summed E-state index contributed by atoms with van der Waals surface area (Å²) in [6.07, 6.45) is 2.03. The van der Waals surface area contributed by atoms with Crippen LogP contribution in [-0.4, -0.2) is 10.8 Å². The van der Waals surface area contributed by atoms with E-state index in [1.165, 1.54) is 18.2 Å². The molecule has 1 aromatic heterocycles. The quantitative estimate of drug-likeness (QED) is 0.258. The summed E-state index contributed by atoms with van der Waals surface area (Å²) in [6, 6.07) is 20.5. The molecule has 3 aromatic rings. The van der Waals surface area contributed by atoms with Gasteiger partial charge in [0.05, 0.1) is 11.0 Å². The maximum absolute atomic E-state index is 12.6. The van der Waals surface area contributed by atoms with E-state index >= 15 is 0 Å². The summed E-state index contributed by atoms with van der Waals surface area (Å²) in [5.41, 5.74) is 1.34. The Kier molecular flexibility index (Phi) is 6.40. The van der Waals surface area contributed by atoms with E-state index < -0.39 is 10.8 Å². The van der Waals surface area contributed by atoms with Gasteiger partial charge in [0, 0.05) is 23.8 Å². The number of rotatable bonds is 7. The molecule has 0 aliphatic rings. The standard InChI is InChI=1S/C23H19N3O4/c1-2-21(16-7-4-3-5-8-16)25-23(27)18(15-24)14-20-11-12-22(30-20)17-9-6-10-19(13-17)26(28)29/h3-14,21H,2H2,1H3,(H,25,27)/b18-14+/t21-/m0/s1. The van der Waals surface area contributed by atoms with Crippen LogP contribution in [0.2, 0.25) is 0 Å². The van der Waals surface area contributed by atoms with Crippen molar-refractivity contribution in [2.45, 2.75) is 19.4 Å². The van der Waals surface area contributed by atoms with Crippen LogP contribution in [0.1, 0.15) is 30.7 Å². The van der Waals surface area contributed by atoms with Gasteiger partial charge in [-0.25, -0.2) is 0 Å². The van der Waals surface area contributed by atoms with Crippen molar-refractivity contribution >= 4 is 17.7 Å². The summed E-state index contributed by atoms with van der Waals surface area (Å²) >= 11 is 0. The molecule has 2 aromatic carbocycles. The molecule has 0 aliphatic carbocycles. The number of nitrogens with one attached hydrogen (secondary N) is 1. The van der Waals surface area contributed by atoms with Crippen molar-refractivity contribution in [3.63, 3.8) is 0 Å². The number of amides is 1. The van der Waals surface area contributed by atoms with E-state index in [1.54, 1.807) is 24.3 Å². The van der Waals surface area contributed by atoms with Gasteiger partial charge in [0.15, 0.2) is 0 Å². The molecule has 0 saturated heterocycles. The molecule has 7 heteroatoms. The van der Waals surface area contributed by atoms with Crippen LogP contribution in [0.3, 0.4) is 0 Å². The second-order valence-corrected chi connectivity index (χ2v) is 6.52. The Hall–Kier alpha value is -4.18. The molecule has 1 atom stereocenters. The lowest BCUT2D eigenvalue weighted by Gasteiger charge is -2.17. The van der Waals surface area contributed by atoms with Crippen LogP contribution in [0.5, 0.6) is 0 Å². The molecule has 1 N–H and O–H groups in total. The van der Waals surface area contributed by atoms with E-state index in [1.807, 2.05) is 43.3 Å². The lowest BCUT2D eigenvalue weighted by molar-refractivity contribution is -0.384. The van der Waals surface area contributed by atoms with Crippen molar-refractivity contribution in [2.24, 2.45) is 0 Å². The second kappa shape index (κ2) is 9.34. The van der Waals surface area contributed by atoms with Gasteiger partial charge in [-0.3, -0.25) is 14.9 Å². The first-order chi connectivity index (χ1) is 14.5. The molecule has 3 rings (SSSR count). The fourth-order valence-electron chi connectivity index (χ4n) is 2.99. The topological polar surface area (TPSA) is 109 Å². The minimum atomic E-state index is -0.499. The first-order valence-electron chi connectivity index (χ1n) is 9.34. The fourth-order valence-corrected chi connectivity index (χ4v) is 2.99. The zero-order chi connectivity index (χ0) is 21.5. The van der Waals surface area contributed by atoms with E-state index in [2.05, 4.69) is 5.32 Å². The summed E-state index contributed by atoms with van der Waals surface area (Å²) in [4.78, 5) is 23.1. The van der Waals surface area contributed by atoms with Gasteiger partial charge in [0.25, 0.3) is 11.6 Å². The highest BCUT2D eigenvalue weighted by atomic mass is 16.6. The van der Waals surface area contributed by atoms with Crippen molar-refractivity contribution < 1.29 is 14.1 Å². The number of hydrogen-bond donors (Lipinski definition) is 1. The van der Waals surface area contributed by atoms with Crippen LogP contribution >= 0.6 is 0 Å². The van der Waals surface area contributed by atoms with E-state index in [0.717, 1.165) is 5.56 Å². The van der Waals surface area contributed by atoms with Crippen molar-refractivity contribution in [3.8, 4) is 17.4 Å². The van der Waals surface area contributed by atoms with Gasteiger partial charge >= 0.3 is 0 Å². The predicted octanol–water partition coefficient (Wildman–Crippen LogP) is 5.03. The van der Waals surface area contributed by atoms with Crippen LogP contribution < -0.4 is 5.32 Å². The number of nitro groups is 1. The first-order valence-corrected chi connectivity index (χ1v) is 9.34. The number of benzene rings is 2. The Balaban J connectivity index is 1.80. The maximum atomic E-state index is 12.6. The summed E-state index contributed by atoms with van der Waals surface area (Å²) < 4.78 is 5.67. The highest BCUT2D eigenvalue weighted by Gasteiger charge is 2.17. The molecule has 0 bridgehead atoms. The van der Waals surface area contributed by atoms with E-state index in [-0.39, 0.29) is 17.3 Å². The Labute approximate surface area is 173 Å². The molecule has 150 valence electrons. The Morgan fingerprint density at radius 1 is 1.20 bits per heavy atom. The molecule has 7 nitrogen and oxygen atoms in total. The van der Waals surface area contributed by atoms with Gasteiger partial charge in [0.2, 0.25) is 0 Å². The molecule has 30 heavy (non-hydrogen) atoms. The molecule has 0 fully saturated rings. The molecule has 0 unspecified atom stereocenters. The van der Waals surface area contributed by atoms with Crippen LogP contribution in [0, 0.1) is 21.4 Å². The third kappa shape index (κ3) is 4.80. The Bertz CT molecular complexity index is 1130. The molecule has 1 heterocycles. The largest absolute Gasteiger partial charge is 0.457 e. The number of carbonyl (C=O) groups excluding carboxylic acids is 1. The fraction of sp³-hybridized carbons (Fsp3) is 0.130. The van der Waals surface area contributed by atoms with Gasteiger partial charge < -0.3 is 9.73 Å². The number of non-ortho nitro benzene ring substituents is 1. The Morgan fingerprint density at radius 2 is 1.97 bits per heavy atom. The molecule has 0 spiro atoms. The summed E-state index contributed by atoms with van der Waals surface area (Å²) in [6.45, 7) is 1.95. The van der Waals surface area contributed by atoms with E-state index in [9.17, 15) is 20.2 Å². The number of nitriles is 1. The van der Waals surface area contributed by atoms with Crippen molar-refractivity contribution in [3.05, 3.63) is 93.7 Å². The zero-order valence-corrected chi connectivity index (χ0v) is 16.2. The summed E-state index contributed by atoms with van der Waals surface area (Å²) in [5, 5.41) is 23.3. The molecular formula is C23H19N3O4. The van der Waals surface area contributed by atoms with Gasteiger partial charge in [-0.05, 0) is 24.1 Å². The number of hydrogen-bond acceptors (Lipinski definition) is 5. The van der Waals surface area contributed by atoms with Gasteiger partial charge in [-0.15, -0.1) is 0 Å². The minimum absolute atomic E-state index is 0.0513. The summed E-state index contributed by atoms with van der Waals surface area (Å²) in [5.74, 6) is 0.204. The monoisotopic (exact) mass is 401 g/mol. The smallest absolute Gasteiger partial charge is 0.270 e. The van der Waals surface area contributed by atoms with Crippen molar-refractivity contribution in [1.82, 2.24) is 5.32 Å². The third-order valence-corrected chi connectivity index (χ3v) is 4.54. The lowest BCUT2D eigenvalue weighted by Crippen LogP contribution is -2.29. The van der Waals surface area contributed by atoms with Crippen LogP contribution in [0.15, 0.2) is 76.7 Å². The maximum Gasteiger partial charge on any atom is 0.270 e. The predicted molar refractivity (Wildman–Crippen MR) is 112 cm³/mol. The Morgan fingerprint density at radius 3 is 2.63 bits per heavy atom. The van der Waals surface area contributed by atoms with Crippen molar-refractivity contribution in [1.29, 1.82) is 5.26 Å². The third-order valence-electron chi connectivity index (χ3n) is 4.54. The number of furan rings is 1. The molecular weight excluding hydrogens is 382 g/mol. The normalized spacial score (nSPS) is 12.1. The van der Waals surface area contributed by atoms with Gasteiger partial charge in [-0.1, -0.05) is 49.4 Å². The average molecular weight is 401 g/mol. The lowest BCUT2D eigenvalue weighted by atomic mass is 10.0. The molecule has 0 aliphatic heterocycles. The minimum Gasteiger partial charge on any atom is -0.457 e. The SMILES string of the molecule is CC[C@H](NC(=O)/C(C#N)=C/c1ccc(-c2cccc([N+](=O)[O-])c2)o1)c1ccccc1. The van der Waals surface area contributed by atoms with Crippen LogP contribution in [0.25, 0.3) is 17.4 Å². The van der Waals surface area contributed by atoms with Crippen LogP contribution in [-0.2, 0) is 4.79 Å². The average Bonchev–Trinajstić information content (AvgIpc) is 3.25. The van der Waals surface area contributed by atoms with Crippen molar-refractivity contribution in [2.75, 3.05) is 0 Å². The van der Waals surface area contributed by atoms with Crippen LogP contribution in [0.4, 0.5) is 5.69 Å². The molecule has 0 saturated carbocycles. The van der Waals surface area contributed by atoms with Gasteiger partial charge in [-0.2, -0.15) is 5.26 Å².